The summed E-state index contributed by atoms with van der Waals surface area (Å²) < 4.78 is 12.1. The van der Waals surface area contributed by atoms with Gasteiger partial charge in [-0.25, -0.2) is 0 Å². The van der Waals surface area contributed by atoms with Crippen LogP contribution in [-0.4, -0.2) is 45.7 Å². The second kappa shape index (κ2) is 9.17. The van der Waals surface area contributed by atoms with Crippen molar-refractivity contribution in [2.24, 2.45) is 0 Å². The molecule has 0 aliphatic carbocycles. The number of nitrogens with zero attached hydrogens (tertiary/aromatic N) is 1. The van der Waals surface area contributed by atoms with Crippen molar-refractivity contribution in [3.63, 3.8) is 0 Å². The van der Waals surface area contributed by atoms with Crippen molar-refractivity contribution < 1.29 is 9.16 Å². The van der Waals surface area contributed by atoms with Crippen molar-refractivity contribution in [1.29, 1.82) is 0 Å². The van der Waals surface area contributed by atoms with Crippen LogP contribution in [0.1, 0.15) is 11.1 Å². The van der Waals surface area contributed by atoms with Gasteiger partial charge in [-0.1, -0.05) is 72.3 Å². The Hall–Kier alpha value is -1.43. The van der Waals surface area contributed by atoms with Gasteiger partial charge in [0.25, 0.3) is 0 Å². The summed E-state index contributed by atoms with van der Waals surface area (Å²) in [7, 11) is -1.82. The Labute approximate surface area is 168 Å². The molecule has 2 aromatic carbocycles. The Balaban J connectivity index is 2.10. The van der Waals surface area contributed by atoms with E-state index in [1.165, 1.54) is 0 Å². The normalized spacial score (nSPS) is 16.7. The average molecular weight is 402 g/mol. The van der Waals surface area contributed by atoms with Crippen molar-refractivity contribution >= 4 is 25.5 Å². The molecule has 3 nitrogen and oxygen atoms in total. The van der Waals surface area contributed by atoms with Gasteiger partial charge in [0.1, 0.15) is 6.23 Å². The van der Waals surface area contributed by atoms with Gasteiger partial charge < -0.3 is 9.16 Å². The fourth-order valence-electron chi connectivity index (χ4n) is 3.21. The van der Waals surface area contributed by atoms with Gasteiger partial charge in [-0.3, -0.25) is 4.90 Å². The third-order valence-electron chi connectivity index (χ3n) is 4.42. The van der Waals surface area contributed by atoms with Crippen LogP contribution in [0.15, 0.2) is 65.7 Å². The minimum atomic E-state index is -1.82. The molecule has 1 aliphatic heterocycles. The van der Waals surface area contributed by atoms with E-state index in [2.05, 4.69) is 48.8 Å². The molecule has 0 aromatic heterocycles. The van der Waals surface area contributed by atoms with Gasteiger partial charge in [0.2, 0.25) is 0 Å². The molecule has 5 heteroatoms. The van der Waals surface area contributed by atoms with Gasteiger partial charge in [0, 0.05) is 18.7 Å². The molecule has 0 spiro atoms. The van der Waals surface area contributed by atoms with Gasteiger partial charge in [0.05, 0.1) is 18.2 Å². The van der Waals surface area contributed by atoms with Gasteiger partial charge >= 0.3 is 0 Å². The number of hydrogen-bond donors (Lipinski definition) is 0. The lowest BCUT2D eigenvalue weighted by Crippen LogP contribution is -2.49. The van der Waals surface area contributed by atoms with Crippen molar-refractivity contribution in [3.05, 3.63) is 76.8 Å². The SMILES string of the molecule is C[Si](C)(C)OC(C(Cl)=C(c1ccccc1)c1ccccc1)N1CCOCC1. The Kier molecular flexibility index (Phi) is 6.90. The molecule has 0 amide bonds. The Morgan fingerprint density at radius 1 is 0.926 bits per heavy atom. The molecule has 1 unspecified atom stereocenters. The molecule has 0 bridgehead atoms. The summed E-state index contributed by atoms with van der Waals surface area (Å²) >= 11 is 7.12. The minimum Gasteiger partial charge on any atom is -0.398 e. The van der Waals surface area contributed by atoms with E-state index in [1.807, 2.05) is 36.4 Å². The number of benzene rings is 2. The molecule has 0 saturated carbocycles. The largest absolute Gasteiger partial charge is 0.398 e. The molecular weight excluding hydrogens is 374 g/mol. The van der Waals surface area contributed by atoms with Crippen molar-refractivity contribution in [2.75, 3.05) is 26.3 Å². The molecule has 2 aromatic rings. The van der Waals surface area contributed by atoms with Crippen LogP contribution in [0.4, 0.5) is 0 Å². The third-order valence-corrected chi connectivity index (χ3v) is 5.73. The summed E-state index contributed by atoms with van der Waals surface area (Å²) in [5, 5.41) is 0.747. The summed E-state index contributed by atoms with van der Waals surface area (Å²) in [5.74, 6) is 0. The zero-order valence-electron chi connectivity index (χ0n) is 16.3. The van der Waals surface area contributed by atoms with Crippen molar-refractivity contribution in [1.82, 2.24) is 4.90 Å². The molecule has 1 fully saturated rings. The highest BCUT2D eigenvalue weighted by Gasteiger charge is 2.31. The first kappa shape index (κ1) is 20.3. The topological polar surface area (TPSA) is 21.7 Å². The van der Waals surface area contributed by atoms with Crippen molar-refractivity contribution in [2.45, 2.75) is 25.9 Å². The van der Waals surface area contributed by atoms with Gasteiger partial charge in [-0.2, -0.15) is 0 Å². The first-order valence-corrected chi connectivity index (χ1v) is 13.2. The number of morpholine rings is 1. The first-order chi connectivity index (χ1) is 13.0. The van der Waals surface area contributed by atoms with E-state index in [0.717, 1.165) is 34.8 Å². The standard InChI is InChI=1S/C22H28ClNO2Si/c1-27(2,3)26-22(24-14-16-25-17-15-24)21(23)20(18-10-6-4-7-11-18)19-12-8-5-9-13-19/h4-13,22H,14-17H2,1-3H3. The minimum absolute atomic E-state index is 0.252. The quantitative estimate of drug-likeness (QED) is 0.621. The van der Waals surface area contributed by atoms with E-state index in [4.69, 9.17) is 20.8 Å². The second-order valence-corrected chi connectivity index (χ2v) is 12.6. The predicted octanol–water partition coefficient (Wildman–Crippen LogP) is 5.19. The summed E-state index contributed by atoms with van der Waals surface area (Å²) in [6, 6.07) is 20.7. The molecule has 0 radical (unpaired) electrons. The van der Waals surface area contributed by atoms with E-state index in [1.54, 1.807) is 0 Å². The van der Waals surface area contributed by atoms with Crippen LogP contribution in [0, 0.1) is 0 Å². The molecule has 1 heterocycles. The third kappa shape index (κ3) is 5.53. The Morgan fingerprint density at radius 2 is 1.41 bits per heavy atom. The lowest BCUT2D eigenvalue weighted by atomic mass is 9.97. The molecule has 1 saturated heterocycles. The fourth-order valence-corrected chi connectivity index (χ4v) is 4.62. The maximum atomic E-state index is 7.12. The van der Waals surface area contributed by atoms with E-state index in [-0.39, 0.29) is 6.23 Å². The predicted molar refractivity (Wildman–Crippen MR) is 115 cm³/mol. The number of rotatable bonds is 6. The number of halogens is 1. The highest BCUT2D eigenvalue weighted by Crippen LogP contribution is 2.34. The van der Waals surface area contributed by atoms with E-state index < -0.39 is 8.32 Å². The molecule has 144 valence electrons. The van der Waals surface area contributed by atoms with E-state index in [0.29, 0.717) is 13.2 Å². The second-order valence-electron chi connectivity index (χ2n) is 7.69. The molecule has 3 rings (SSSR count). The smallest absolute Gasteiger partial charge is 0.186 e. The van der Waals surface area contributed by atoms with Crippen LogP contribution >= 0.6 is 11.6 Å². The zero-order chi connectivity index (χ0) is 19.3. The van der Waals surface area contributed by atoms with Crippen LogP contribution < -0.4 is 0 Å². The summed E-state index contributed by atoms with van der Waals surface area (Å²) in [6.45, 7) is 9.67. The van der Waals surface area contributed by atoms with Crippen LogP contribution in [-0.2, 0) is 9.16 Å². The number of hydrogen-bond acceptors (Lipinski definition) is 3. The fraction of sp³-hybridized carbons (Fsp3) is 0.364. The van der Waals surface area contributed by atoms with Crippen LogP contribution in [0.3, 0.4) is 0 Å². The molecule has 0 N–H and O–H groups in total. The molecule has 1 aliphatic rings. The van der Waals surface area contributed by atoms with E-state index >= 15 is 0 Å². The highest BCUT2D eigenvalue weighted by molar-refractivity contribution is 6.69. The summed E-state index contributed by atoms with van der Waals surface area (Å²) in [4.78, 5) is 2.30. The monoisotopic (exact) mass is 401 g/mol. The molecule has 27 heavy (non-hydrogen) atoms. The van der Waals surface area contributed by atoms with Crippen LogP contribution in [0.2, 0.25) is 19.6 Å². The zero-order valence-corrected chi connectivity index (χ0v) is 18.1. The van der Waals surface area contributed by atoms with Crippen molar-refractivity contribution in [3.8, 4) is 0 Å². The van der Waals surface area contributed by atoms with Crippen LogP contribution in [0.25, 0.3) is 5.57 Å². The maximum Gasteiger partial charge on any atom is 0.186 e. The average Bonchev–Trinajstić information content (AvgIpc) is 2.68. The lowest BCUT2D eigenvalue weighted by Gasteiger charge is -2.38. The molecule has 1 atom stereocenters. The Bertz CT molecular complexity index is 711. The Morgan fingerprint density at radius 3 is 1.85 bits per heavy atom. The summed E-state index contributed by atoms with van der Waals surface area (Å²) in [5.41, 5.74) is 3.24. The van der Waals surface area contributed by atoms with E-state index in [9.17, 15) is 0 Å². The highest BCUT2D eigenvalue weighted by atomic mass is 35.5. The number of ether oxygens (including phenoxy) is 1. The first-order valence-electron chi connectivity index (χ1n) is 9.46. The van der Waals surface area contributed by atoms with Gasteiger partial charge in [-0.05, 0) is 30.8 Å². The molecular formula is C22H28ClNO2Si. The maximum absolute atomic E-state index is 7.12. The van der Waals surface area contributed by atoms with Gasteiger partial charge in [-0.15, -0.1) is 0 Å². The summed E-state index contributed by atoms with van der Waals surface area (Å²) in [6.07, 6.45) is -0.252. The lowest BCUT2D eigenvalue weighted by molar-refractivity contribution is -0.0299. The van der Waals surface area contributed by atoms with Gasteiger partial charge in [0.15, 0.2) is 8.32 Å². The van der Waals surface area contributed by atoms with Crippen LogP contribution in [0.5, 0.6) is 0 Å².